The minimum Gasteiger partial charge on any atom is -0.385 e. The number of hydrogen-bond acceptors (Lipinski definition) is 3. The van der Waals surface area contributed by atoms with Crippen molar-refractivity contribution < 1.29 is 4.79 Å². The summed E-state index contributed by atoms with van der Waals surface area (Å²) in [5, 5.41) is 5.72. The topological polar surface area (TPSA) is 63.1 Å². The van der Waals surface area contributed by atoms with E-state index in [4.69, 9.17) is 0 Å². The highest BCUT2D eigenvalue weighted by Crippen LogP contribution is 2.11. The van der Waals surface area contributed by atoms with Crippen LogP contribution in [0.25, 0.3) is 5.70 Å². The van der Waals surface area contributed by atoms with Gasteiger partial charge in [0.2, 0.25) is 0 Å². The second-order valence-corrected chi connectivity index (χ2v) is 5.55. The van der Waals surface area contributed by atoms with Crippen LogP contribution in [0.3, 0.4) is 0 Å². The lowest BCUT2D eigenvalue weighted by molar-refractivity contribution is 0.0961. The Labute approximate surface area is 142 Å². The third-order valence-electron chi connectivity index (χ3n) is 3.69. The summed E-state index contributed by atoms with van der Waals surface area (Å²) in [4.78, 5) is 24.7. The van der Waals surface area contributed by atoms with Crippen LogP contribution in [0.15, 0.2) is 54.0 Å². The molecule has 1 aromatic heterocycles. The van der Waals surface area contributed by atoms with Crippen LogP contribution in [-0.2, 0) is 6.54 Å². The van der Waals surface area contributed by atoms with E-state index in [1.807, 2.05) is 30.3 Å². The minimum atomic E-state index is -0.396. The first-order valence-electron chi connectivity index (χ1n) is 8.00. The molecular formula is C19H23N3O2. The normalized spacial score (nSPS) is 10.2. The lowest BCUT2D eigenvalue weighted by atomic mass is 10.1. The SMILES string of the molecule is C=C(NCCC)c1cc(C(=O)NC)c(=O)n(Cc2ccccc2)c1. The Balaban J connectivity index is 2.46. The molecule has 126 valence electrons. The molecule has 1 heterocycles. The minimum absolute atomic E-state index is 0.116. The Kier molecular flexibility index (Phi) is 5.95. The summed E-state index contributed by atoms with van der Waals surface area (Å²) in [7, 11) is 1.51. The molecule has 0 bridgehead atoms. The van der Waals surface area contributed by atoms with Gasteiger partial charge in [-0.25, -0.2) is 0 Å². The van der Waals surface area contributed by atoms with Gasteiger partial charge in [0.05, 0.1) is 6.54 Å². The van der Waals surface area contributed by atoms with Crippen LogP contribution in [0.5, 0.6) is 0 Å². The molecule has 0 aliphatic carbocycles. The Morgan fingerprint density at radius 3 is 2.58 bits per heavy atom. The van der Waals surface area contributed by atoms with Gasteiger partial charge < -0.3 is 15.2 Å². The first kappa shape index (κ1) is 17.5. The van der Waals surface area contributed by atoms with Crippen LogP contribution in [0.4, 0.5) is 0 Å². The van der Waals surface area contributed by atoms with E-state index >= 15 is 0 Å². The van der Waals surface area contributed by atoms with Crippen LogP contribution < -0.4 is 16.2 Å². The van der Waals surface area contributed by atoms with Crippen LogP contribution in [0.2, 0.25) is 0 Å². The fourth-order valence-electron chi connectivity index (χ4n) is 2.37. The number of nitrogens with one attached hydrogen (secondary N) is 2. The molecule has 1 aromatic carbocycles. The molecule has 0 spiro atoms. The predicted octanol–water partition coefficient (Wildman–Crippen LogP) is 2.23. The van der Waals surface area contributed by atoms with Crippen molar-refractivity contribution in [1.29, 1.82) is 0 Å². The maximum Gasteiger partial charge on any atom is 0.263 e. The first-order chi connectivity index (χ1) is 11.6. The first-order valence-corrected chi connectivity index (χ1v) is 8.00. The fourth-order valence-corrected chi connectivity index (χ4v) is 2.37. The molecule has 0 unspecified atom stereocenters. The lowest BCUT2D eigenvalue weighted by Gasteiger charge is -2.14. The summed E-state index contributed by atoms with van der Waals surface area (Å²) in [5.74, 6) is -0.396. The van der Waals surface area contributed by atoms with Crippen LogP contribution in [0, 0.1) is 0 Å². The van der Waals surface area contributed by atoms with Crippen molar-refractivity contribution in [1.82, 2.24) is 15.2 Å². The van der Waals surface area contributed by atoms with E-state index in [1.54, 1.807) is 16.8 Å². The van der Waals surface area contributed by atoms with Gasteiger partial charge in [-0.2, -0.15) is 0 Å². The summed E-state index contributed by atoms with van der Waals surface area (Å²) in [6.07, 6.45) is 2.71. The number of nitrogens with zero attached hydrogens (tertiary/aromatic N) is 1. The van der Waals surface area contributed by atoms with Gasteiger partial charge in [0, 0.05) is 31.0 Å². The van der Waals surface area contributed by atoms with Crippen molar-refractivity contribution in [2.45, 2.75) is 19.9 Å². The summed E-state index contributed by atoms with van der Waals surface area (Å²) >= 11 is 0. The number of aromatic nitrogens is 1. The van der Waals surface area contributed by atoms with Crippen LogP contribution >= 0.6 is 0 Å². The predicted molar refractivity (Wildman–Crippen MR) is 97.0 cm³/mol. The zero-order chi connectivity index (χ0) is 17.5. The molecule has 0 atom stereocenters. The zero-order valence-electron chi connectivity index (χ0n) is 14.1. The van der Waals surface area contributed by atoms with Crippen molar-refractivity contribution in [3.05, 3.63) is 76.2 Å². The van der Waals surface area contributed by atoms with Crippen LogP contribution in [0.1, 0.15) is 34.8 Å². The van der Waals surface area contributed by atoms with Gasteiger partial charge >= 0.3 is 0 Å². The molecule has 0 saturated heterocycles. The Hall–Kier alpha value is -2.82. The largest absolute Gasteiger partial charge is 0.385 e. The molecule has 2 aromatic rings. The van der Waals surface area contributed by atoms with E-state index in [0.717, 1.165) is 24.1 Å². The van der Waals surface area contributed by atoms with Gasteiger partial charge in [0.25, 0.3) is 11.5 Å². The molecule has 2 rings (SSSR count). The van der Waals surface area contributed by atoms with E-state index in [0.29, 0.717) is 12.2 Å². The van der Waals surface area contributed by atoms with Crippen LogP contribution in [-0.4, -0.2) is 24.1 Å². The molecule has 24 heavy (non-hydrogen) atoms. The Morgan fingerprint density at radius 2 is 1.96 bits per heavy atom. The molecule has 5 nitrogen and oxygen atoms in total. The standard InChI is InChI=1S/C19H23N3O2/c1-4-10-21-14(2)16-11-17(18(23)20-3)19(24)22(13-16)12-15-8-6-5-7-9-15/h5-9,11,13,21H,2,4,10,12H2,1,3H3,(H,20,23). The van der Waals surface area contributed by atoms with Gasteiger partial charge in [-0.15, -0.1) is 0 Å². The number of amides is 1. The highest BCUT2D eigenvalue weighted by Gasteiger charge is 2.14. The van der Waals surface area contributed by atoms with Crippen molar-refractivity contribution in [3.8, 4) is 0 Å². The zero-order valence-corrected chi connectivity index (χ0v) is 14.1. The molecule has 0 fully saturated rings. The third kappa shape index (κ3) is 4.13. The van der Waals surface area contributed by atoms with Crippen molar-refractivity contribution >= 4 is 11.6 Å². The van der Waals surface area contributed by atoms with Gasteiger partial charge in [-0.3, -0.25) is 9.59 Å². The lowest BCUT2D eigenvalue weighted by Crippen LogP contribution is -2.32. The third-order valence-corrected chi connectivity index (χ3v) is 3.69. The average molecular weight is 325 g/mol. The summed E-state index contributed by atoms with van der Waals surface area (Å²) in [6, 6.07) is 11.3. The molecule has 0 radical (unpaired) electrons. The molecule has 5 heteroatoms. The molecule has 0 aliphatic heterocycles. The summed E-state index contributed by atoms with van der Waals surface area (Å²) in [6.45, 7) is 7.26. The number of carbonyl (C=O) groups excluding carboxylic acids is 1. The quantitative estimate of drug-likeness (QED) is 0.820. The molecule has 1 amide bonds. The highest BCUT2D eigenvalue weighted by molar-refractivity contribution is 5.94. The van der Waals surface area contributed by atoms with E-state index in [-0.39, 0.29) is 11.1 Å². The van der Waals surface area contributed by atoms with Gasteiger partial charge in [0.15, 0.2) is 0 Å². The summed E-state index contributed by atoms with van der Waals surface area (Å²) in [5.41, 5.74) is 2.23. The molecule has 0 aliphatic rings. The van der Waals surface area contributed by atoms with Crippen molar-refractivity contribution in [3.63, 3.8) is 0 Å². The maximum absolute atomic E-state index is 12.6. The van der Waals surface area contributed by atoms with Gasteiger partial charge in [-0.05, 0) is 18.1 Å². The second-order valence-electron chi connectivity index (χ2n) is 5.55. The maximum atomic E-state index is 12.6. The van der Waals surface area contributed by atoms with Crippen molar-refractivity contribution in [2.24, 2.45) is 0 Å². The fraction of sp³-hybridized carbons (Fsp3) is 0.263. The smallest absolute Gasteiger partial charge is 0.263 e. The van der Waals surface area contributed by atoms with Crippen molar-refractivity contribution in [2.75, 3.05) is 13.6 Å². The van der Waals surface area contributed by atoms with Gasteiger partial charge in [-0.1, -0.05) is 43.8 Å². The number of hydrogen-bond donors (Lipinski definition) is 2. The number of rotatable bonds is 7. The Bertz CT molecular complexity index is 779. The van der Waals surface area contributed by atoms with E-state index in [1.165, 1.54) is 7.05 Å². The molecular weight excluding hydrogens is 302 g/mol. The number of pyridine rings is 1. The number of carbonyl (C=O) groups is 1. The Morgan fingerprint density at radius 1 is 1.25 bits per heavy atom. The van der Waals surface area contributed by atoms with E-state index < -0.39 is 5.91 Å². The monoisotopic (exact) mass is 325 g/mol. The average Bonchev–Trinajstić information content (AvgIpc) is 2.61. The molecule has 0 saturated carbocycles. The van der Waals surface area contributed by atoms with E-state index in [2.05, 4.69) is 24.1 Å². The molecule has 2 N–H and O–H groups in total. The summed E-state index contributed by atoms with van der Waals surface area (Å²) < 4.78 is 1.55. The highest BCUT2D eigenvalue weighted by atomic mass is 16.2. The number of benzene rings is 1. The van der Waals surface area contributed by atoms with Gasteiger partial charge in [0.1, 0.15) is 5.56 Å². The van der Waals surface area contributed by atoms with E-state index in [9.17, 15) is 9.59 Å². The second kappa shape index (κ2) is 8.15.